The lowest BCUT2D eigenvalue weighted by molar-refractivity contribution is 0.0975. The number of rotatable bonds is 3. The van der Waals surface area contributed by atoms with Gasteiger partial charge in [-0.25, -0.2) is 4.98 Å². The summed E-state index contributed by atoms with van der Waals surface area (Å²) in [6.07, 6.45) is 3.62. The maximum atomic E-state index is 4.48. The minimum Gasteiger partial charge on any atom is -0.356 e. The lowest BCUT2D eigenvalue weighted by atomic mass is 9.84. The number of fused-ring (bicyclic) bond motifs is 3. The summed E-state index contributed by atoms with van der Waals surface area (Å²) in [4.78, 5) is 7.04. The van der Waals surface area contributed by atoms with Crippen LogP contribution in [0.15, 0.2) is 0 Å². The van der Waals surface area contributed by atoms with Crippen molar-refractivity contribution in [2.45, 2.75) is 32.2 Å². The van der Waals surface area contributed by atoms with E-state index in [1.165, 1.54) is 44.0 Å². The Bertz CT molecular complexity index is 357. The third-order valence-electron chi connectivity index (χ3n) is 3.75. The summed E-state index contributed by atoms with van der Waals surface area (Å²) in [5.74, 6) is 1.81. The third-order valence-corrected chi connectivity index (χ3v) is 4.43. The average Bonchev–Trinajstić information content (AvgIpc) is 2.78. The van der Waals surface area contributed by atoms with Gasteiger partial charge >= 0.3 is 0 Å². The lowest BCUT2D eigenvalue weighted by Gasteiger charge is -2.44. The molecule has 0 radical (unpaired) electrons. The van der Waals surface area contributed by atoms with Gasteiger partial charge in [-0.2, -0.15) is 4.37 Å². The highest BCUT2D eigenvalue weighted by molar-refractivity contribution is 7.09. The summed E-state index contributed by atoms with van der Waals surface area (Å²) in [5, 5.41) is 4.58. The van der Waals surface area contributed by atoms with Crippen LogP contribution in [0.2, 0.25) is 0 Å². The monoisotopic (exact) mass is 238 g/mol. The van der Waals surface area contributed by atoms with Gasteiger partial charge in [-0.3, -0.25) is 0 Å². The van der Waals surface area contributed by atoms with E-state index in [9.17, 15) is 0 Å². The van der Waals surface area contributed by atoms with Crippen LogP contribution in [0.25, 0.3) is 0 Å². The van der Waals surface area contributed by atoms with Crippen LogP contribution < -0.4 is 5.32 Å². The predicted molar refractivity (Wildman–Crippen MR) is 65.9 cm³/mol. The molecular weight excluding hydrogens is 220 g/mol. The number of piperidine rings is 3. The van der Waals surface area contributed by atoms with Crippen LogP contribution in [0.3, 0.4) is 0 Å². The summed E-state index contributed by atoms with van der Waals surface area (Å²) in [7, 11) is 0. The minimum absolute atomic E-state index is 0.597. The van der Waals surface area contributed by atoms with Gasteiger partial charge in [0.2, 0.25) is 5.13 Å². The third kappa shape index (κ3) is 1.94. The van der Waals surface area contributed by atoms with E-state index in [1.54, 1.807) is 0 Å². The summed E-state index contributed by atoms with van der Waals surface area (Å²) >= 11 is 1.50. The largest absolute Gasteiger partial charge is 0.356 e. The second-order valence-electron chi connectivity index (χ2n) is 4.76. The van der Waals surface area contributed by atoms with Crippen LogP contribution in [0, 0.1) is 5.92 Å². The van der Waals surface area contributed by atoms with Gasteiger partial charge in [-0.1, -0.05) is 6.92 Å². The number of nitrogens with one attached hydrogen (secondary N) is 1. The predicted octanol–water partition coefficient (Wildman–Crippen LogP) is 1.61. The van der Waals surface area contributed by atoms with Crippen molar-refractivity contribution in [2.24, 2.45) is 5.92 Å². The number of aryl methyl sites for hydroxylation is 1. The molecular formula is C11H18N4S. The molecule has 1 aromatic rings. The smallest absolute Gasteiger partial charge is 0.202 e. The summed E-state index contributed by atoms with van der Waals surface area (Å²) < 4.78 is 4.32. The fourth-order valence-corrected chi connectivity index (χ4v) is 3.46. The topological polar surface area (TPSA) is 41.1 Å². The highest BCUT2D eigenvalue weighted by Gasteiger charge is 2.34. The number of hydrogen-bond acceptors (Lipinski definition) is 5. The Balaban J connectivity index is 1.66. The molecule has 3 aliphatic rings. The second kappa shape index (κ2) is 4.30. The fourth-order valence-electron chi connectivity index (χ4n) is 2.74. The molecule has 2 bridgehead atoms. The van der Waals surface area contributed by atoms with E-state index in [1.807, 2.05) is 0 Å². The van der Waals surface area contributed by atoms with Crippen molar-refractivity contribution < 1.29 is 0 Å². The zero-order chi connectivity index (χ0) is 11.0. The highest BCUT2D eigenvalue weighted by Crippen LogP contribution is 2.29. The Morgan fingerprint density at radius 2 is 2.25 bits per heavy atom. The quantitative estimate of drug-likeness (QED) is 0.868. The van der Waals surface area contributed by atoms with Gasteiger partial charge < -0.3 is 10.2 Å². The zero-order valence-corrected chi connectivity index (χ0v) is 10.5. The van der Waals surface area contributed by atoms with Gasteiger partial charge in [0.25, 0.3) is 0 Å². The van der Waals surface area contributed by atoms with Crippen LogP contribution >= 0.6 is 11.5 Å². The van der Waals surface area contributed by atoms with Crippen molar-refractivity contribution in [3.05, 3.63) is 5.82 Å². The molecule has 5 heteroatoms. The molecule has 4 rings (SSSR count). The molecule has 16 heavy (non-hydrogen) atoms. The van der Waals surface area contributed by atoms with E-state index >= 15 is 0 Å². The molecule has 1 N–H and O–H groups in total. The van der Waals surface area contributed by atoms with Gasteiger partial charge in [0.15, 0.2) is 0 Å². The molecule has 0 aromatic carbocycles. The fraction of sp³-hybridized carbons (Fsp3) is 0.818. The molecule has 88 valence electrons. The van der Waals surface area contributed by atoms with Crippen LogP contribution in [-0.2, 0) is 6.42 Å². The van der Waals surface area contributed by atoms with Crippen molar-refractivity contribution in [1.29, 1.82) is 0 Å². The van der Waals surface area contributed by atoms with Crippen molar-refractivity contribution in [1.82, 2.24) is 14.3 Å². The first-order chi connectivity index (χ1) is 7.85. The average molecular weight is 238 g/mol. The Morgan fingerprint density at radius 3 is 2.81 bits per heavy atom. The Labute approximate surface area is 100 Å². The number of hydrogen-bond donors (Lipinski definition) is 1. The molecule has 4 nitrogen and oxygen atoms in total. The van der Waals surface area contributed by atoms with E-state index in [0.29, 0.717) is 6.04 Å². The Morgan fingerprint density at radius 1 is 1.44 bits per heavy atom. The first-order valence-electron chi connectivity index (χ1n) is 6.16. The summed E-state index contributed by atoms with van der Waals surface area (Å²) in [6, 6.07) is 0.597. The van der Waals surface area contributed by atoms with Crippen molar-refractivity contribution in [3.63, 3.8) is 0 Å². The zero-order valence-electron chi connectivity index (χ0n) is 9.65. The standard InChI is InChI=1S/C11H18N4S/c1-2-10-13-11(16-14-10)12-9-7-15-5-3-8(9)4-6-15/h8-9H,2-7H2,1H3,(H,12,13,14). The molecule has 4 heterocycles. The first kappa shape index (κ1) is 10.5. The molecule has 0 spiro atoms. The molecule has 3 fully saturated rings. The summed E-state index contributed by atoms with van der Waals surface area (Å²) in [5.41, 5.74) is 0. The van der Waals surface area contributed by atoms with Crippen LogP contribution in [0.4, 0.5) is 5.13 Å². The van der Waals surface area contributed by atoms with E-state index in [-0.39, 0.29) is 0 Å². The van der Waals surface area contributed by atoms with E-state index < -0.39 is 0 Å². The molecule has 1 atom stereocenters. The first-order valence-corrected chi connectivity index (χ1v) is 6.94. The van der Waals surface area contributed by atoms with Gasteiger partial charge in [0.05, 0.1) is 0 Å². The van der Waals surface area contributed by atoms with Gasteiger partial charge in [-0.05, 0) is 31.8 Å². The van der Waals surface area contributed by atoms with Crippen molar-refractivity contribution in [2.75, 3.05) is 25.0 Å². The molecule has 1 unspecified atom stereocenters. The van der Waals surface area contributed by atoms with E-state index in [4.69, 9.17) is 0 Å². The van der Waals surface area contributed by atoms with Crippen LogP contribution in [0.5, 0.6) is 0 Å². The number of nitrogens with zero attached hydrogens (tertiary/aromatic N) is 3. The second-order valence-corrected chi connectivity index (χ2v) is 5.51. The number of aromatic nitrogens is 2. The van der Waals surface area contributed by atoms with Crippen molar-refractivity contribution in [3.8, 4) is 0 Å². The number of anilines is 1. The summed E-state index contributed by atoms with van der Waals surface area (Å²) in [6.45, 7) is 5.87. The van der Waals surface area contributed by atoms with Gasteiger partial charge in [0.1, 0.15) is 5.82 Å². The van der Waals surface area contributed by atoms with E-state index in [0.717, 1.165) is 23.3 Å². The lowest BCUT2D eigenvalue weighted by Crippen LogP contribution is -2.53. The molecule has 0 saturated carbocycles. The maximum absolute atomic E-state index is 4.48. The molecule has 0 aliphatic carbocycles. The Kier molecular flexibility index (Phi) is 2.81. The molecule has 3 saturated heterocycles. The normalized spacial score (nSPS) is 32.9. The highest BCUT2D eigenvalue weighted by atomic mass is 32.1. The molecule has 1 aromatic heterocycles. The van der Waals surface area contributed by atoms with Gasteiger partial charge in [-0.15, -0.1) is 0 Å². The Hall–Kier alpha value is -0.680. The van der Waals surface area contributed by atoms with Crippen LogP contribution in [-0.4, -0.2) is 39.9 Å². The van der Waals surface area contributed by atoms with Gasteiger partial charge in [0, 0.05) is 30.5 Å². The molecule has 3 aliphatic heterocycles. The molecule has 0 amide bonds. The van der Waals surface area contributed by atoms with Crippen molar-refractivity contribution >= 4 is 16.7 Å². The SMILES string of the molecule is CCc1nsc(NC2CN3CCC2CC3)n1. The van der Waals surface area contributed by atoms with E-state index in [2.05, 4.69) is 26.5 Å². The maximum Gasteiger partial charge on any atom is 0.202 e. The van der Waals surface area contributed by atoms with Crippen LogP contribution in [0.1, 0.15) is 25.6 Å². The minimum atomic E-state index is 0.597.